The zero-order valence-electron chi connectivity index (χ0n) is 17.5. The van der Waals surface area contributed by atoms with E-state index < -0.39 is 0 Å². The summed E-state index contributed by atoms with van der Waals surface area (Å²) in [7, 11) is 0. The lowest BCUT2D eigenvalue weighted by molar-refractivity contribution is 0.122. The predicted molar refractivity (Wildman–Crippen MR) is 118 cm³/mol. The Morgan fingerprint density at radius 1 is 1.07 bits per heavy atom. The lowest BCUT2D eigenvalue weighted by Gasteiger charge is -2.29. The van der Waals surface area contributed by atoms with Gasteiger partial charge in [-0.25, -0.2) is 9.67 Å². The Balaban J connectivity index is 1.59. The van der Waals surface area contributed by atoms with E-state index in [-0.39, 0.29) is 0 Å². The van der Waals surface area contributed by atoms with Crippen molar-refractivity contribution in [1.82, 2.24) is 14.8 Å². The Hall–Kier alpha value is -3.12. The molecule has 1 saturated heterocycles. The molecule has 1 fully saturated rings. The number of nitrogens with zero attached hydrogens (tertiary/aromatic N) is 4. The first kappa shape index (κ1) is 18.9. The van der Waals surface area contributed by atoms with E-state index in [0.717, 1.165) is 78.8 Å². The van der Waals surface area contributed by atoms with Crippen LogP contribution in [0.3, 0.4) is 0 Å². The monoisotopic (exact) mass is 402 g/mol. The molecule has 4 heterocycles. The molecular formula is C24H26N4O2. The Morgan fingerprint density at radius 3 is 2.73 bits per heavy atom. The third kappa shape index (κ3) is 3.59. The number of hydrogen-bond donors (Lipinski definition) is 0. The number of pyridine rings is 1. The molecule has 0 amide bonds. The zero-order valence-corrected chi connectivity index (χ0v) is 17.5. The van der Waals surface area contributed by atoms with Gasteiger partial charge in [-0.3, -0.25) is 0 Å². The highest BCUT2D eigenvalue weighted by Crippen LogP contribution is 2.32. The van der Waals surface area contributed by atoms with Gasteiger partial charge in [0.05, 0.1) is 24.6 Å². The number of furan rings is 1. The van der Waals surface area contributed by atoms with Crippen molar-refractivity contribution in [3.05, 3.63) is 60.0 Å². The van der Waals surface area contributed by atoms with E-state index in [9.17, 15) is 0 Å². The molecule has 0 saturated carbocycles. The summed E-state index contributed by atoms with van der Waals surface area (Å²) < 4.78 is 13.6. The largest absolute Gasteiger partial charge is 0.457 e. The van der Waals surface area contributed by atoms with Gasteiger partial charge >= 0.3 is 0 Å². The normalized spacial score (nSPS) is 14.5. The molecule has 0 radical (unpaired) electrons. The Bertz CT molecular complexity index is 1170. The maximum absolute atomic E-state index is 6.20. The van der Waals surface area contributed by atoms with Gasteiger partial charge in [0.25, 0.3) is 0 Å². The van der Waals surface area contributed by atoms with Crippen molar-refractivity contribution >= 4 is 16.8 Å². The molecule has 4 aromatic rings. The molecular weight excluding hydrogens is 376 g/mol. The molecule has 1 aromatic carbocycles. The van der Waals surface area contributed by atoms with E-state index in [1.54, 1.807) is 0 Å². The minimum Gasteiger partial charge on any atom is -0.457 e. The topological polar surface area (TPSA) is 56.3 Å². The third-order valence-electron chi connectivity index (χ3n) is 5.48. The van der Waals surface area contributed by atoms with Gasteiger partial charge in [-0.2, -0.15) is 5.10 Å². The van der Waals surface area contributed by atoms with Crippen molar-refractivity contribution < 1.29 is 9.15 Å². The number of anilines is 1. The molecule has 1 aliphatic heterocycles. The number of aryl methyl sites for hydroxylation is 2. The van der Waals surface area contributed by atoms with Gasteiger partial charge in [0.2, 0.25) is 0 Å². The van der Waals surface area contributed by atoms with Crippen molar-refractivity contribution in [2.45, 2.75) is 26.7 Å². The minimum absolute atomic E-state index is 0.723. The number of ether oxygens (including phenoxy) is 1. The summed E-state index contributed by atoms with van der Waals surface area (Å²) in [5, 5.41) is 4.81. The smallest absolute Gasteiger partial charge is 0.176 e. The predicted octanol–water partition coefficient (Wildman–Crippen LogP) is 4.78. The lowest BCUT2D eigenvalue weighted by atomic mass is 10.1. The van der Waals surface area contributed by atoms with Gasteiger partial charge < -0.3 is 14.1 Å². The summed E-state index contributed by atoms with van der Waals surface area (Å²) in [6, 6.07) is 14.6. The van der Waals surface area contributed by atoms with Crippen LogP contribution in [0.1, 0.15) is 24.7 Å². The van der Waals surface area contributed by atoms with Gasteiger partial charge in [0, 0.05) is 43.4 Å². The van der Waals surface area contributed by atoms with Crippen LogP contribution in [0.4, 0.5) is 5.69 Å². The Morgan fingerprint density at radius 2 is 1.93 bits per heavy atom. The highest BCUT2D eigenvalue weighted by atomic mass is 16.5. The van der Waals surface area contributed by atoms with Gasteiger partial charge in [0.15, 0.2) is 11.4 Å². The van der Waals surface area contributed by atoms with Crippen molar-refractivity contribution in [1.29, 1.82) is 0 Å². The first-order chi connectivity index (χ1) is 14.7. The van der Waals surface area contributed by atoms with Crippen LogP contribution in [-0.4, -0.2) is 41.1 Å². The zero-order chi connectivity index (χ0) is 20.5. The van der Waals surface area contributed by atoms with E-state index in [1.807, 2.05) is 16.9 Å². The number of aromatic nitrogens is 3. The summed E-state index contributed by atoms with van der Waals surface area (Å²) in [6.07, 6.45) is 3.92. The number of benzene rings is 1. The van der Waals surface area contributed by atoms with E-state index in [1.165, 1.54) is 5.56 Å². The fraction of sp³-hybridized carbons (Fsp3) is 0.333. The second kappa shape index (κ2) is 7.95. The molecule has 0 N–H and O–H groups in total. The van der Waals surface area contributed by atoms with Crippen LogP contribution in [0.5, 0.6) is 0 Å². The van der Waals surface area contributed by atoms with E-state index >= 15 is 0 Å². The molecule has 154 valence electrons. The quantitative estimate of drug-likeness (QED) is 0.481. The van der Waals surface area contributed by atoms with E-state index in [2.05, 4.69) is 55.1 Å². The summed E-state index contributed by atoms with van der Waals surface area (Å²) in [6.45, 7) is 7.39. The lowest BCUT2D eigenvalue weighted by Crippen LogP contribution is -2.36. The molecule has 30 heavy (non-hydrogen) atoms. The number of morpholine rings is 1. The van der Waals surface area contributed by atoms with Gasteiger partial charge in [-0.1, -0.05) is 30.7 Å². The van der Waals surface area contributed by atoms with Crippen molar-refractivity contribution in [3.63, 3.8) is 0 Å². The second-order valence-corrected chi connectivity index (χ2v) is 7.79. The molecule has 3 aromatic heterocycles. The fourth-order valence-electron chi connectivity index (χ4n) is 3.98. The highest BCUT2D eigenvalue weighted by molar-refractivity contribution is 5.88. The molecule has 0 bridgehead atoms. The second-order valence-electron chi connectivity index (χ2n) is 7.79. The number of hydrogen-bond acceptors (Lipinski definition) is 5. The molecule has 1 aliphatic rings. The van der Waals surface area contributed by atoms with Gasteiger partial charge in [-0.15, -0.1) is 0 Å². The first-order valence-electron chi connectivity index (χ1n) is 10.6. The summed E-state index contributed by atoms with van der Waals surface area (Å²) in [4.78, 5) is 7.20. The van der Waals surface area contributed by atoms with Crippen molar-refractivity contribution in [3.8, 4) is 17.1 Å². The molecule has 0 atom stereocenters. The minimum atomic E-state index is 0.723. The molecule has 5 rings (SSSR count). The molecule has 0 spiro atoms. The summed E-state index contributed by atoms with van der Waals surface area (Å²) in [5.74, 6) is 1.78. The maximum Gasteiger partial charge on any atom is 0.176 e. The molecule has 0 aliphatic carbocycles. The standard InChI is InChI=1S/C24H26N4O2/c1-3-5-19-15-21-24(30-19)22(27-10-12-29-13-11-27)16-23(25-21)28-9-8-20(26-28)18-7-4-6-17(2)14-18/h4,6-9,14-16H,3,5,10-13H2,1-2H3. The molecule has 0 unspecified atom stereocenters. The van der Waals surface area contributed by atoms with Gasteiger partial charge in [-0.05, 0) is 25.5 Å². The molecule has 6 heteroatoms. The third-order valence-corrected chi connectivity index (χ3v) is 5.48. The number of fused-ring (bicyclic) bond motifs is 1. The average molecular weight is 402 g/mol. The van der Waals surface area contributed by atoms with Crippen LogP contribution in [0.25, 0.3) is 28.2 Å². The van der Waals surface area contributed by atoms with Crippen molar-refractivity contribution in [2.75, 3.05) is 31.2 Å². The first-order valence-corrected chi connectivity index (χ1v) is 10.6. The fourth-order valence-corrected chi connectivity index (χ4v) is 3.98. The van der Waals surface area contributed by atoms with Crippen molar-refractivity contribution in [2.24, 2.45) is 0 Å². The van der Waals surface area contributed by atoms with E-state index in [0.29, 0.717) is 0 Å². The van der Waals surface area contributed by atoms with Crippen LogP contribution in [0, 0.1) is 6.92 Å². The average Bonchev–Trinajstić information content (AvgIpc) is 3.41. The summed E-state index contributed by atoms with van der Waals surface area (Å²) >= 11 is 0. The molecule has 6 nitrogen and oxygen atoms in total. The van der Waals surface area contributed by atoms with Crippen LogP contribution in [0.15, 0.2) is 53.1 Å². The SMILES string of the molecule is CCCc1cc2nc(-n3ccc(-c4cccc(C)c4)n3)cc(N3CCOCC3)c2o1. The number of rotatable bonds is 5. The van der Waals surface area contributed by atoms with Gasteiger partial charge in [0.1, 0.15) is 11.3 Å². The van der Waals surface area contributed by atoms with Crippen LogP contribution >= 0.6 is 0 Å². The van der Waals surface area contributed by atoms with Crippen LogP contribution in [-0.2, 0) is 11.2 Å². The highest BCUT2D eigenvalue weighted by Gasteiger charge is 2.20. The van der Waals surface area contributed by atoms with E-state index in [4.69, 9.17) is 19.2 Å². The summed E-state index contributed by atoms with van der Waals surface area (Å²) in [5.41, 5.74) is 6.07. The van der Waals surface area contributed by atoms with Crippen LogP contribution < -0.4 is 4.90 Å². The maximum atomic E-state index is 6.20. The Labute approximate surface area is 176 Å². The Kier molecular flexibility index (Phi) is 5.01. The van der Waals surface area contributed by atoms with Crippen LogP contribution in [0.2, 0.25) is 0 Å².